The van der Waals surface area contributed by atoms with E-state index < -0.39 is 5.97 Å². The van der Waals surface area contributed by atoms with E-state index in [1.807, 2.05) is 12.3 Å². The molecule has 0 aromatic carbocycles. The maximum Gasteiger partial charge on any atom is 0.354 e. The molecular formula is C11H11N3O2S. The van der Waals surface area contributed by atoms with Gasteiger partial charge in [0.05, 0.1) is 0 Å². The molecule has 0 fully saturated rings. The van der Waals surface area contributed by atoms with Crippen molar-refractivity contribution in [3.05, 3.63) is 39.8 Å². The summed E-state index contributed by atoms with van der Waals surface area (Å²) in [4.78, 5) is 18.6. The second-order valence-corrected chi connectivity index (χ2v) is 4.25. The summed E-state index contributed by atoms with van der Waals surface area (Å²) in [5.41, 5.74) is 2.36. The standard InChI is InChI=1S/C11H11N3O2S/c1-7-5-17-6-8(7)4-13-11-12-3-2-9(14-11)10(15)16/h2-3,5-6H,4H2,1H3,(H,15,16)(H,12,13,14). The Kier molecular flexibility index (Phi) is 3.34. The second-order valence-electron chi connectivity index (χ2n) is 3.50. The van der Waals surface area contributed by atoms with Crippen molar-refractivity contribution in [1.82, 2.24) is 9.97 Å². The number of aromatic nitrogens is 2. The largest absolute Gasteiger partial charge is 0.477 e. The van der Waals surface area contributed by atoms with Gasteiger partial charge in [0, 0.05) is 12.7 Å². The lowest BCUT2D eigenvalue weighted by Crippen LogP contribution is -2.07. The monoisotopic (exact) mass is 249 g/mol. The normalized spacial score (nSPS) is 10.2. The van der Waals surface area contributed by atoms with Crippen LogP contribution in [0.1, 0.15) is 21.6 Å². The topological polar surface area (TPSA) is 75.1 Å². The van der Waals surface area contributed by atoms with Crippen molar-refractivity contribution in [2.45, 2.75) is 13.5 Å². The van der Waals surface area contributed by atoms with Crippen LogP contribution >= 0.6 is 11.3 Å². The number of aryl methyl sites for hydroxylation is 1. The molecule has 0 saturated heterocycles. The number of anilines is 1. The summed E-state index contributed by atoms with van der Waals surface area (Å²) in [6.45, 7) is 2.63. The number of aromatic carboxylic acids is 1. The zero-order chi connectivity index (χ0) is 12.3. The number of rotatable bonds is 4. The van der Waals surface area contributed by atoms with Crippen molar-refractivity contribution in [2.24, 2.45) is 0 Å². The number of carbonyl (C=O) groups is 1. The van der Waals surface area contributed by atoms with Gasteiger partial charge in [-0.05, 0) is 34.9 Å². The summed E-state index contributed by atoms with van der Waals surface area (Å²) < 4.78 is 0. The Bertz CT molecular complexity index is 539. The number of nitrogens with one attached hydrogen (secondary N) is 1. The average molecular weight is 249 g/mol. The molecule has 0 aliphatic rings. The third-order valence-electron chi connectivity index (χ3n) is 2.27. The van der Waals surface area contributed by atoms with E-state index in [-0.39, 0.29) is 5.69 Å². The van der Waals surface area contributed by atoms with Crippen LogP contribution in [0.2, 0.25) is 0 Å². The summed E-state index contributed by atoms with van der Waals surface area (Å²) in [5, 5.41) is 15.9. The van der Waals surface area contributed by atoms with E-state index in [4.69, 9.17) is 5.11 Å². The first-order valence-electron chi connectivity index (χ1n) is 4.98. The van der Waals surface area contributed by atoms with Crippen LogP contribution in [0.5, 0.6) is 0 Å². The van der Waals surface area contributed by atoms with Crippen LogP contribution in [0.3, 0.4) is 0 Å². The molecule has 0 aliphatic carbocycles. The van der Waals surface area contributed by atoms with Gasteiger partial charge >= 0.3 is 5.97 Å². The number of thiophene rings is 1. The number of nitrogens with zero attached hydrogens (tertiary/aromatic N) is 2. The Morgan fingerprint density at radius 2 is 2.35 bits per heavy atom. The van der Waals surface area contributed by atoms with Crippen LogP contribution in [-0.2, 0) is 6.54 Å². The number of carboxylic acids is 1. The van der Waals surface area contributed by atoms with E-state index in [2.05, 4.69) is 20.7 Å². The molecule has 2 aromatic heterocycles. The Morgan fingerprint density at radius 3 is 3.00 bits per heavy atom. The van der Waals surface area contributed by atoms with Crippen molar-refractivity contribution in [3.63, 3.8) is 0 Å². The summed E-state index contributed by atoms with van der Waals surface area (Å²) in [6.07, 6.45) is 1.43. The first-order valence-corrected chi connectivity index (χ1v) is 5.93. The van der Waals surface area contributed by atoms with Crippen LogP contribution in [0.25, 0.3) is 0 Å². The molecule has 0 aliphatic heterocycles. The third-order valence-corrected chi connectivity index (χ3v) is 3.18. The molecule has 0 unspecified atom stereocenters. The Morgan fingerprint density at radius 1 is 1.53 bits per heavy atom. The van der Waals surface area contributed by atoms with Gasteiger partial charge in [0.1, 0.15) is 0 Å². The van der Waals surface area contributed by atoms with Gasteiger partial charge in [0.2, 0.25) is 5.95 Å². The highest BCUT2D eigenvalue weighted by Gasteiger charge is 2.06. The lowest BCUT2D eigenvalue weighted by molar-refractivity contribution is 0.0690. The van der Waals surface area contributed by atoms with E-state index >= 15 is 0 Å². The van der Waals surface area contributed by atoms with Gasteiger partial charge in [-0.1, -0.05) is 0 Å². The number of carboxylic acid groups (broad SMARTS) is 1. The minimum absolute atomic E-state index is 0.00968. The predicted molar refractivity (Wildman–Crippen MR) is 65.4 cm³/mol. The number of hydrogen-bond donors (Lipinski definition) is 2. The van der Waals surface area contributed by atoms with Gasteiger partial charge in [-0.2, -0.15) is 11.3 Å². The molecule has 2 heterocycles. The Labute approximate surface area is 102 Å². The van der Waals surface area contributed by atoms with Crippen LogP contribution < -0.4 is 5.32 Å². The zero-order valence-corrected chi connectivity index (χ0v) is 9.99. The first-order chi connectivity index (χ1) is 8.16. The lowest BCUT2D eigenvalue weighted by atomic mass is 10.2. The minimum atomic E-state index is -1.05. The highest BCUT2D eigenvalue weighted by Crippen LogP contribution is 2.14. The molecular weight excluding hydrogens is 238 g/mol. The van der Waals surface area contributed by atoms with Crippen molar-refractivity contribution in [2.75, 3.05) is 5.32 Å². The lowest BCUT2D eigenvalue weighted by Gasteiger charge is -2.04. The smallest absolute Gasteiger partial charge is 0.354 e. The van der Waals surface area contributed by atoms with Gasteiger partial charge in [-0.3, -0.25) is 0 Å². The summed E-state index contributed by atoms with van der Waals surface area (Å²) in [6, 6.07) is 1.36. The predicted octanol–water partition coefficient (Wildman–Crippen LogP) is 2.16. The van der Waals surface area contributed by atoms with Gasteiger partial charge < -0.3 is 10.4 Å². The fraction of sp³-hybridized carbons (Fsp3) is 0.182. The molecule has 0 atom stereocenters. The van der Waals surface area contributed by atoms with Crippen molar-refractivity contribution in [3.8, 4) is 0 Å². The Hall–Kier alpha value is -1.95. The van der Waals surface area contributed by atoms with Crippen LogP contribution in [0.4, 0.5) is 5.95 Å². The van der Waals surface area contributed by atoms with Gasteiger partial charge in [-0.15, -0.1) is 0 Å². The van der Waals surface area contributed by atoms with E-state index in [0.29, 0.717) is 12.5 Å². The van der Waals surface area contributed by atoms with Crippen LogP contribution in [-0.4, -0.2) is 21.0 Å². The minimum Gasteiger partial charge on any atom is -0.477 e. The molecule has 88 valence electrons. The SMILES string of the molecule is Cc1cscc1CNc1nccc(C(=O)O)n1. The molecule has 0 spiro atoms. The zero-order valence-electron chi connectivity index (χ0n) is 9.17. The fourth-order valence-electron chi connectivity index (χ4n) is 1.31. The molecule has 2 aromatic rings. The highest BCUT2D eigenvalue weighted by atomic mass is 32.1. The summed E-state index contributed by atoms with van der Waals surface area (Å²) >= 11 is 1.63. The summed E-state index contributed by atoms with van der Waals surface area (Å²) in [5.74, 6) is -0.724. The van der Waals surface area contributed by atoms with Crippen molar-refractivity contribution >= 4 is 23.3 Å². The molecule has 5 nitrogen and oxygen atoms in total. The van der Waals surface area contributed by atoms with Gasteiger partial charge in [-0.25, -0.2) is 14.8 Å². The van der Waals surface area contributed by atoms with Crippen LogP contribution in [0, 0.1) is 6.92 Å². The number of hydrogen-bond acceptors (Lipinski definition) is 5. The molecule has 0 radical (unpaired) electrons. The average Bonchev–Trinajstić information content (AvgIpc) is 2.72. The second kappa shape index (κ2) is 4.92. The van der Waals surface area contributed by atoms with E-state index in [9.17, 15) is 4.79 Å². The fourth-order valence-corrected chi connectivity index (χ4v) is 2.16. The maximum absolute atomic E-state index is 10.7. The van der Waals surface area contributed by atoms with Gasteiger partial charge in [0.25, 0.3) is 0 Å². The molecule has 0 amide bonds. The molecule has 2 N–H and O–H groups in total. The maximum atomic E-state index is 10.7. The van der Waals surface area contributed by atoms with Crippen molar-refractivity contribution < 1.29 is 9.90 Å². The highest BCUT2D eigenvalue weighted by molar-refractivity contribution is 7.08. The van der Waals surface area contributed by atoms with Crippen LogP contribution in [0.15, 0.2) is 23.0 Å². The van der Waals surface area contributed by atoms with E-state index in [0.717, 1.165) is 0 Å². The molecule has 6 heteroatoms. The van der Waals surface area contributed by atoms with E-state index in [1.165, 1.54) is 23.4 Å². The molecule has 2 rings (SSSR count). The Balaban J connectivity index is 2.07. The van der Waals surface area contributed by atoms with Gasteiger partial charge in [0.15, 0.2) is 5.69 Å². The van der Waals surface area contributed by atoms with Crippen molar-refractivity contribution in [1.29, 1.82) is 0 Å². The quantitative estimate of drug-likeness (QED) is 0.868. The molecule has 0 bridgehead atoms. The molecule has 17 heavy (non-hydrogen) atoms. The summed E-state index contributed by atoms with van der Waals surface area (Å²) in [7, 11) is 0. The van der Waals surface area contributed by atoms with E-state index in [1.54, 1.807) is 11.3 Å². The molecule has 0 saturated carbocycles. The third kappa shape index (κ3) is 2.79. The first kappa shape index (κ1) is 11.5.